The van der Waals surface area contributed by atoms with E-state index in [0.29, 0.717) is 15.7 Å². The molecule has 0 spiro atoms. The highest BCUT2D eigenvalue weighted by Crippen LogP contribution is 2.20. The molecule has 0 N–H and O–H groups in total. The zero-order valence-electron chi connectivity index (χ0n) is 10.6. The normalized spacial score (nSPS) is 9.90. The molecule has 0 saturated carbocycles. The Balaban J connectivity index is 2.32. The quantitative estimate of drug-likeness (QED) is 0.840. The van der Waals surface area contributed by atoms with Crippen LogP contribution in [0.3, 0.4) is 0 Å². The average molecular weight is 333 g/mol. The molecule has 0 unspecified atom stereocenters. The Bertz CT molecular complexity index is 692. The van der Waals surface area contributed by atoms with Crippen LogP contribution < -0.4 is 4.90 Å². The van der Waals surface area contributed by atoms with Crippen LogP contribution >= 0.6 is 15.9 Å². The van der Waals surface area contributed by atoms with Crippen LogP contribution in [0.1, 0.15) is 15.9 Å². The number of rotatable bonds is 2. The largest absolute Gasteiger partial charge is 0.311 e. The number of amides is 1. The van der Waals surface area contributed by atoms with Gasteiger partial charge in [0.1, 0.15) is 5.82 Å². The third kappa shape index (κ3) is 2.86. The van der Waals surface area contributed by atoms with Crippen LogP contribution in [0.2, 0.25) is 0 Å². The molecule has 0 atom stereocenters. The van der Waals surface area contributed by atoms with Crippen LogP contribution in [0.25, 0.3) is 0 Å². The minimum atomic E-state index is -0.571. The maximum Gasteiger partial charge on any atom is 0.261 e. The van der Waals surface area contributed by atoms with Crippen LogP contribution in [0, 0.1) is 17.1 Å². The van der Waals surface area contributed by atoms with Gasteiger partial charge in [-0.05, 0) is 42.5 Å². The number of anilines is 1. The summed E-state index contributed by atoms with van der Waals surface area (Å²) in [6.07, 6.45) is 0. The van der Waals surface area contributed by atoms with Crippen LogP contribution in [-0.2, 0) is 0 Å². The first-order valence-corrected chi connectivity index (χ1v) is 6.55. The fourth-order valence-corrected chi connectivity index (χ4v) is 2.08. The second-order valence-corrected chi connectivity index (χ2v) is 5.06. The van der Waals surface area contributed by atoms with Crippen LogP contribution in [0.5, 0.6) is 0 Å². The van der Waals surface area contributed by atoms with Crippen LogP contribution in [0.15, 0.2) is 46.9 Å². The first-order valence-electron chi connectivity index (χ1n) is 5.76. The Morgan fingerprint density at radius 2 is 1.90 bits per heavy atom. The number of hydrogen-bond acceptors (Lipinski definition) is 2. The molecule has 0 bridgehead atoms. The van der Waals surface area contributed by atoms with Gasteiger partial charge in [-0.1, -0.05) is 15.9 Å². The summed E-state index contributed by atoms with van der Waals surface area (Å²) in [5, 5.41) is 8.74. The van der Waals surface area contributed by atoms with Crippen molar-refractivity contribution in [3.05, 3.63) is 63.9 Å². The van der Waals surface area contributed by atoms with E-state index in [4.69, 9.17) is 5.26 Å². The maximum atomic E-state index is 13.7. The summed E-state index contributed by atoms with van der Waals surface area (Å²) in [5.41, 5.74) is 1.09. The van der Waals surface area contributed by atoms with E-state index in [9.17, 15) is 9.18 Å². The van der Waals surface area contributed by atoms with Crippen molar-refractivity contribution in [2.45, 2.75) is 0 Å². The van der Waals surface area contributed by atoms with Gasteiger partial charge in [-0.3, -0.25) is 4.79 Å². The van der Waals surface area contributed by atoms with E-state index < -0.39 is 11.7 Å². The fourth-order valence-electron chi connectivity index (χ4n) is 1.72. The van der Waals surface area contributed by atoms with Gasteiger partial charge in [-0.15, -0.1) is 0 Å². The Morgan fingerprint density at radius 1 is 1.25 bits per heavy atom. The number of nitrogens with zero attached hydrogens (tertiary/aromatic N) is 2. The van der Waals surface area contributed by atoms with Gasteiger partial charge in [0, 0.05) is 17.2 Å². The van der Waals surface area contributed by atoms with E-state index in [1.165, 1.54) is 23.1 Å². The van der Waals surface area contributed by atoms with Gasteiger partial charge >= 0.3 is 0 Å². The van der Waals surface area contributed by atoms with E-state index in [1.54, 1.807) is 31.3 Å². The molecule has 1 amide bonds. The summed E-state index contributed by atoms with van der Waals surface area (Å²) < 4.78 is 14.3. The summed E-state index contributed by atoms with van der Waals surface area (Å²) in [6.45, 7) is 0. The molecule has 3 nitrogen and oxygen atoms in total. The van der Waals surface area contributed by atoms with E-state index >= 15 is 0 Å². The third-order valence-electron chi connectivity index (χ3n) is 2.85. The van der Waals surface area contributed by atoms with Crippen molar-refractivity contribution in [1.29, 1.82) is 5.26 Å². The molecule has 0 heterocycles. The van der Waals surface area contributed by atoms with Gasteiger partial charge in [0.2, 0.25) is 0 Å². The number of carbonyl (C=O) groups is 1. The molecule has 0 radical (unpaired) electrons. The molecule has 100 valence electrons. The van der Waals surface area contributed by atoms with Gasteiger partial charge in [-0.2, -0.15) is 5.26 Å². The molecule has 5 heteroatoms. The molecule has 0 aromatic heterocycles. The smallest absolute Gasteiger partial charge is 0.261 e. The second kappa shape index (κ2) is 5.85. The third-order valence-corrected chi connectivity index (χ3v) is 3.34. The highest BCUT2D eigenvalue weighted by molar-refractivity contribution is 9.10. The molecule has 0 aliphatic heterocycles. The first-order chi connectivity index (χ1) is 9.52. The summed E-state index contributed by atoms with van der Waals surface area (Å²) in [7, 11) is 1.56. The number of benzene rings is 2. The van der Waals surface area contributed by atoms with Crippen molar-refractivity contribution in [2.75, 3.05) is 11.9 Å². The van der Waals surface area contributed by atoms with E-state index in [1.807, 2.05) is 6.07 Å². The number of halogens is 2. The van der Waals surface area contributed by atoms with Gasteiger partial charge in [-0.25, -0.2) is 4.39 Å². The van der Waals surface area contributed by atoms with E-state index in [-0.39, 0.29) is 5.56 Å². The Kier molecular flexibility index (Phi) is 4.16. The Morgan fingerprint density at radius 3 is 2.50 bits per heavy atom. The van der Waals surface area contributed by atoms with Crippen molar-refractivity contribution in [3.63, 3.8) is 0 Å². The lowest BCUT2D eigenvalue weighted by Crippen LogP contribution is -2.27. The predicted molar refractivity (Wildman–Crippen MR) is 78.0 cm³/mol. The van der Waals surface area contributed by atoms with Crippen LogP contribution in [-0.4, -0.2) is 13.0 Å². The predicted octanol–water partition coefficient (Wildman–Crippen LogP) is 3.74. The molecule has 2 rings (SSSR count). The molecular weight excluding hydrogens is 323 g/mol. The molecule has 2 aromatic carbocycles. The fraction of sp³-hybridized carbons (Fsp3) is 0.0667. The zero-order chi connectivity index (χ0) is 14.7. The lowest BCUT2D eigenvalue weighted by Gasteiger charge is -2.18. The van der Waals surface area contributed by atoms with Gasteiger partial charge in [0.05, 0.1) is 17.2 Å². The van der Waals surface area contributed by atoms with Crippen molar-refractivity contribution < 1.29 is 9.18 Å². The lowest BCUT2D eigenvalue weighted by molar-refractivity contribution is 0.0989. The standard InChI is InChI=1S/C15H10BrFN2O/c1-19(12-5-2-10(9-18)3-6-12)15(20)13-8-11(16)4-7-14(13)17/h2-8H,1H3. The Labute approximate surface area is 124 Å². The maximum absolute atomic E-state index is 13.7. The molecule has 2 aromatic rings. The topological polar surface area (TPSA) is 44.1 Å². The van der Waals surface area contributed by atoms with Crippen molar-refractivity contribution in [2.24, 2.45) is 0 Å². The minimum Gasteiger partial charge on any atom is -0.311 e. The number of carbonyl (C=O) groups excluding carboxylic acids is 1. The van der Waals surface area contributed by atoms with Crippen molar-refractivity contribution in [3.8, 4) is 6.07 Å². The highest BCUT2D eigenvalue weighted by atomic mass is 79.9. The van der Waals surface area contributed by atoms with Gasteiger partial charge in [0.25, 0.3) is 5.91 Å². The highest BCUT2D eigenvalue weighted by Gasteiger charge is 2.17. The average Bonchev–Trinajstić information content (AvgIpc) is 2.48. The molecular formula is C15H10BrFN2O. The number of nitriles is 1. The molecule has 0 aliphatic rings. The van der Waals surface area contributed by atoms with Crippen molar-refractivity contribution in [1.82, 2.24) is 0 Å². The van der Waals surface area contributed by atoms with Gasteiger partial charge in [0.15, 0.2) is 0 Å². The summed E-state index contributed by atoms with van der Waals surface area (Å²) in [5.74, 6) is -1.02. The number of hydrogen-bond donors (Lipinski definition) is 0. The summed E-state index contributed by atoms with van der Waals surface area (Å²) >= 11 is 3.22. The summed E-state index contributed by atoms with van der Waals surface area (Å²) in [4.78, 5) is 13.6. The molecule has 0 saturated heterocycles. The van der Waals surface area contributed by atoms with Gasteiger partial charge < -0.3 is 4.90 Å². The molecule has 0 fully saturated rings. The van der Waals surface area contributed by atoms with E-state index in [2.05, 4.69) is 15.9 Å². The van der Waals surface area contributed by atoms with Crippen molar-refractivity contribution >= 4 is 27.5 Å². The van der Waals surface area contributed by atoms with Crippen LogP contribution in [0.4, 0.5) is 10.1 Å². The SMILES string of the molecule is CN(C(=O)c1cc(Br)ccc1F)c1ccc(C#N)cc1. The zero-order valence-corrected chi connectivity index (χ0v) is 12.2. The molecule has 20 heavy (non-hydrogen) atoms. The first kappa shape index (κ1) is 14.2. The molecule has 0 aliphatic carbocycles. The Hall–Kier alpha value is -2.19. The second-order valence-electron chi connectivity index (χ2n) is 4.15. The lowest BCUT2D eigenvalue weighted by atomic mass is 10.1. The van der Waals surface area contributed by atoms with E-state index in [0.717, 1.165) is 0 Å². The summed E-state index contributed by atoms with van der Waals surface area (Å²) in [6, 6.07) is 12.7. The minimum absolute atomic E-state index is 0.00812. The monoisotopic (exact) mass is 332 g/mol.